The molecule has 4 heteroatoms. The van der Waals surface area contributed by atoms with E-state index in [-0.39, 0.29) is 5.84 Å². The summed E-state index contributed by atoms with van der Waals surface area (Å²) in [5.74, 6) is 1.07. The summed E-state index contributed by atoms with van der Waals surface area (Å²) in [6, 6.07) is 8.74. The quantitative estimate of drug-likeness (QED) is 0.362. The third kappa shape index (κ3) is 2.42. The fourth-order valence-corrected chi connectivity index (χ4v) is 2.31. The van der Waals surface area contributed by atoms with Crippen LogP contribution in [0.3, 0.4) is 0 Å². The zero-order valence-corrected chi connectivity index (χ0v) is 10.4. The first-order valence-corrected chi connectivity index (χ1v) is 6.62. The summed E-state index contributed by atoms with van der Waals surface area (Å²) in [6.45, 7) is 1.19. The van der Waals surface area contributed by atoms with Crippen LogP contribution in [0.25, 0.3) is 0 Å². The van der Waals surface area contributed by atoms with Gasteiger partial charge in [-0.05, 0) is 55.9 Å². The van der Waals surface area contributed by atoms with Crippen molar-refractivity contribution in [3.8, 4) is 0 Å². The van der Waals surface area contributed by atoms with Crippen LogP contribution in [0.4, 0.5) is 5.69 Å². The van der Waals surface area contributed by atoms with E-state index < -0.39 is 0 Å². The number of amidine groups is 1. The van der Waals surface area contributed by atoms with Crippen molar-refractivity contribution >= 4 is 11.5 Å². The molecule has 2 aliphatic carbocycles. The van der Waals surface area contributed by atoms with Gasteiger partial charge in [-0.25, -0.2) is 0 Å². The second-order valence-electron chi connectivity index (χ2n) is 5.36. The molecule has 0 heterocycles. The molecule has 2 saturated carbocycles. The Labute approximate surface area is 107 Å². The average Bonchev–Trinajstić information content (AvgIpc) is 3.28. The van der Waals surface area contributed by atoms with Gasteiger partial charge in [0.1, 0.15) is 0 Å². The Hall–Kier alpha value is -1.71. The molecule has 0 unspecified atom stereocenters. The summed E-state index contributed by atoms with van der Waals surface area (Å²) in [5.41, 5.74) is 7.60. The molecule has 96 valence electrons. The Morgan fingerprint density at radius 1 is 1.22 bits per heavy atom. The highest BCUT2D eigenvalue weighted by Gasteiger charge is 2.33. The van der Waals surface area contributed by atoms with Crippen LogP contribution in [0.15, 0.2) is 29.4 Å². The SMILES string of the molecule is NC(=NO)c1ccc(N(CC2CC2)C2CC2)cc1. The maximum atomic E-state index is 8.64. The lowest BCUT2D eigenvalue weighted by Gasteiger charge is -2.24. The summed E-state index contributed by atoms with van der Waals surface area (Å²) < 4.78 is 0. The zero-order chi connectivity index (χ0) is 12.5. The molecule has 0 aliphatic heterocycles. The number of rotatable bonds is 5. The van der Waals surface area contributed by atoms with Gasteiger partial charge in [0.05, 0.1) is 0 Å². The minimum Gasteiger partial charge on any atom is -0.409 e. The van der Waals surface area contributed by atoms with Gasteiger partial charge in [-0.2, -0.15) is 0 Å². The molecular weight excluding hydrogens is 226 g/mol. The number of nitrogens with two attached hydrogens (primary N) is 1. The molecule has 3 rings (SSSR count). The second-order valence-corrected chi connectivity index (χ2v) is 5.36. The minimum atomic E-state index is 0.168. The van der Waals surface area contributed by atoms with Crippen LogP contribution in [0.1, 0.15) is 31.2 Å². The molecule has 1 aromatic rings. The molecule has 2 fully saturated rings. The van der Waals surface area contributed by atoms with Crippen LogP contribution < -0.4 is 10.6 Å². The standard InChI is InChI=1S/C14H19N3O/c15-14(16-18)11-3-5-12(6-4-11)17(13-7-8-13)9-10-1-2-10/h3-6,10,13,18H,1-2,7-9H2,(H2,15,16). The van der Waals surface area contributed by atoms with Crippen molar-refractivity contribution in [1.29, 1.82) is 0 Å². The van der Waals surface area contributed by atoms with Gasteiger partial charge in [0.15, 0.2) is 5.84 Å². The minimum absolute atomic E-state index is 0.168. The Bertz CT molecular complexity index is 447. The lowest BCUT2D eigenvalue weighted by atomic mass is 10.1. The Morgan fingerprint density at radius 3 is 2.39 bits per heavy atom. The first-order valence-electron chi connectivity index (χ1n) is 6.62. The van der Waals surface area contributed by atoms with Crippen molar-refractivity contribution in [3.05, 3.63) is 29.8 Å². The lowest BCUT2D eigenvalue weighted by Crippen LogP contribution is -2.28. The third-order valence-corrected chi connectivity index (χ3v) is 3.74. The van der Waals surface area contributed by atoms with Crippen LogP contribution in [-0.2, 0) is 0 Å². The van der Waals surface area contributed by atoms with Crippen molar-refractivity contribution in [2.45, 2.75) is 31.7 Å². The summed E-state index contributed by atoms with van der Waals surface area (Å²) >= 11 is 0. The van der Waals surface area contributed by atoms with Crippen molar-refractivity contribution < 1.29 is 5.21 Å². The van der Waals surface area contributed by atoms with Gasteiger partial charge in [-0.15, -0.1) is 0 Å². The molecular formula is C14H19N3O. The number of anilines is 1. The highest BCUT2D eigenvalue weighted by molar-refractivity contribution is 5.97. The molecule has 4 nitrogen and oxygen atoms in total. The number of oxime groups is 1. The van der Waals surface area contributed by atoms with Crippen molar-refractivity contribution in [1.82, 2.24) is 0 Å². The van der Waals surface area contributed by atoms with Crippen molar-refractivity contribution in [2.75, 3.05) is 11.4 Å². The summed E-state index contributed by atoms with van der Waals surface area (Å²) in [6.07, 6.45) is 5.39. The Morgan fingerprint density at radius 2 is 1.89 bits per heavy atom. The topological polar surface area (TPSA) is 61.9 Å². The third-order valence-electron chi connectivity index (χ3n) is 3.74. The molecule has 2 aliphatic rings. The molecule has 1 aromatic carbocycles. The first kappa shape index (κ1) is 11.4. The lowest BCUT2D eigenvalue weighted by molar-refractivity contribution is 0.318. The van der Waals surface area contributed by atoms with E-state index in [0.29, 0.717) is 0 Å². The van der Waals surface area contributed by atoms with Crippen LogP contribution in [-0.4, -0.2) is 23.6 Å². The van der Waals surface area contributed by atoms with Gasteiger partial charge < -0.3 is 15.8 Å². The summed E-state index contributed by atoms with van der Waals surface area (Å²) in [4.78, 5) is 2.52. The van der Waals surface area contributed by atoms with E-state index in [1.54, 1.807) is 0 Å². The molecule has 0 spiro atoms. The van der Waals surface area contributed by atoms with E-state index in [1.165, 1.54) is 37.9 Å². The predicted molar refractivity (Wildman–Crippen MR) is 72.0 cm³/mol. The van der Waals surface area contributed by atoms with Gasteiger partial charge in [0.2, 0.25) is 0 Å². The molecule has 18 heavy (non-hydrogen) atoms. The number of hydrogen-bond acceptors (Lipinski definition) is 3. The van der Waals surface area contributed by atoms with E-state index in [9.17, 15) is 0 Å². The summed E-state index contributed by atoms with van der Waals surface area (Å²) in [5, 5.41) is 11.7. The largest absolute Gasteiger partial charge is 0.409 e. The normalized spacial score (nSPS) is 19.9. The highest BCUT2D eigenvalue weighted by atomic mass is 16.4. The fourth-order valence-electron chi connectivity index (χ4n) is 2.31. The van der Waals surface area contributed by atoms with Gasteiger partial charge in [-0.3, -0.25) is 0 Å². The van der Waals surface area contributed by atoms with Crippen molar-refractivity contribution in [3.63, 3.8) is 0 Å². The molecule has 3 N–H and O–H groups in total. The van der Waals surface area contributed by atoms with Crippen LogP contribution in [0.5, 0.6) is 0 Å². The maximum Gasteiger partial charge on any atom is 0.170 e. The number of hydrogen-bond donors (Lipinski definition) is 2. The molecule has 0 atom stereocenters. The Kier molecular flexibility index (Phi) is 2.86. The molecule has 0 amide bonds. The molecule has 0 bridgehead atoms. The fraction of sp³-hybridized carbons (Fsp3) is 0.500. The van der Waals surface area contributed by atoms with Gasteiger partial charge in [0, 0.05) is 23.8 Å². The molecule has 0 saturated heterocycles. The first-order chi connectivity index (χ1) is 8.78. The average molecular weight is 245 g/mol. The van der Waals surface area contributed by atoms with E-state index in [1.807, 2.05) is 12.1 Å². The van der Waals surface area contributed by atoms with Gasteiger partial charge >= 0.3 is 0 Å². The smallest absolute Gasteiger partial charge is 0.170 e. The highest BCUT2D eigenvalue weighted by Crippen LogP contribution is 2.37. The number of nitrogens with zero attached hydrogens (tertiary/aromatic N) is 2. The van der Waals surface area contributed by atoms with Crippen LogP contribution >= 0.6 is 0 Å². The van der Waals surface area contributed by atoms with Crippen LogP contribution in [0, 0.1) is 5.92 Å². The van der Waals surface area contributed by atoms with Gasteiger partial charge in [0.25, 0.3) is 0 Å². The zero-order valence-electron chi connectivity index (χ0n) is 10.4. The molecule has 0 aromatic heterocycles. The summed E-state index contributed by atoms with van der Waals surface area (Å²) in [7, 11) is 0. The van der Waals surface area contributed by atoms with E-state index >= 15 is 0 Å². The van der Waals surface area contributed by atoms with Gasteiger partial charge in [-0.1, -0.05) is 5.16 Å². The van der Waals surface area contributed by atoms with Crippen molar-refractivity contribution in [2.24, 2.45) is 16.8 Å². The maximum absolute atomic E-state index is 8.64. The predicted octanol–water partition coefficient (Wildman–Crippen LogP) is 2.16. The van der Waals surface area contributed by atoms with E-state index in [0.717, 1.165) is 17.5 Å². The second kappa shape index (κ2) is 4.52. The number of benzene rings is 1. The Balaban J connectivity index is 1.76. The molecule has 0 radical (unpaired) electrons. The monoisotopic (exact) mass is 245 g/mol. The van der Waals surface area contributed by atoms with E-state index in [2.05, 4.69) is 22.2 Å². The van der Waals surface area contributed by atoms with Crippen LogP contribution in [0.2, 0.25) is 0 Å². The van der Waals surface area contributed by atoms with E-state index in [4.69, 9.17) is 10.9 Å².